The molecule has 0 nitrogen and oxygen atoms in total. The largest absolute Gasteiger partial charge is 0.0915 e. The quantitative estimate of drug-likeness (QED) is 0.445. The van der Waals surface area contributed by atoms with Crippen LogP contribution in [0.3, 0.4) is 0 Å². The van der Waals surface area contributed by atoms with Gasteiger partial charge in [0.1, 0.15) is 0 Å². The third-order valence-corrected chi connectivity index (χ3v) is 1.42. The molecule has 0 fully saturated rings. The van der Waals surface area contributed by atoms with Gasteiger partial charge in [0.2, 0.25) is 0 Å². The van der Waals surface area contributed by atoms with Crippen molar-refractivity contribution < 1.29 is 0 Å². The lowest BCUT2D eigenvalue weighted by Crippen LogP contribution is -1.72. The Bertz CT molecular complexity index is 159. The molecule has 0 N–H and O–H groups in total. The van der Waals surface area contributed by atoms with Crippen LogP contribution in [0.1, 0.15) is 13.3 Å². The molecule has 0 heterocycles. The lowest BCUT2D eigenvalue weighted by molar-refractivity contribution is 1.30. The smallest absolute Gasteiger partial charge is 0.00917 e. The Morgan fingerprint density at radius 1 is 1.75 bits per heavy atom. The van der Waals surface area contributed by atoms with E-state index in [1.54, 1.807) is 0 Å². The van der Waals surface area contributed by atoms with Gasteiger partial charge >= 0.3 is 0 Å². The Morgan fingerprint density at radius 2 is 2.50 bits per heavy atom. The normalized spacial score (nSPS) is 23.1. The minimum absolute atomic E-state index is 1.08. The Balaban J connectivity index is 2.79. The highest BCUT2D eigenvalue weighted by Crippen LogP contribution is 2.20. The van der Waals surface area contributed by atoms with Crippen molar-refractivity contribution in [3.8, 4) is 0 Å². The van der Waals surface area contributed by atoms with Crippen molar-refractivity contribution in [3.05, 3.63) is 36.0 Å². The van der Waals surface area contributed by atoms with Gasteiger partial charge in [0.15, 0.2) is 0 Å². The second-order valence-corrected chi connectivity index (χ2v) is 1.95. The summed E-state index contributed by atoms with van der Waals surface area (Å²) < 4.78 is 0. The maximum atomic E-state index is 3.85. The number of allylic oxidation sites excluding steroid dienone is 5. The van der Waals surface area contributed by atoms with E-state index < -0.39 is 0 Å². The van der Waals surface area contributed by atoms with Gasteiger partial charge in [0.05, 0.1) is 0 Å². The van der Waals surface area contributed by atoms with Crippen molar-refractivity contribution >= 4 is 0 Å². The highest BCUT2D eigenvalue weighted by Gasteiger charge is 2.00. The molecule has 0 aromatic heterocycles. The fourth-order valence-electron chi connectivity index (χ4n) is 0.870. The average Bonchev–Trinajstić information content (AvgIpc) is 2.14. The number of rotatable bonds is 0. The van der Waals surface area contributed by atoms with Crippen molar-refractivity contribution in [1.29, 1.82) is 0 Å². The van der Waals surface area contributed by atoms with E-state index in [4.69, 9.17) is 0 Å². The Kier molecular flexibility index (Phi) is 1.34. The van der Waals surface area contributed by atoms with E-state index in [0.29, 0.717) is 0 Å². The van der Waals surface area contributed by atoms with Gasteiger partial charge < -0.3 is 0 Å². The molecule has 1 aliphatic carbocycles. The fraction of sp³-hybridized carbons (Fsp3) is 0.250. The molecule has 0 aromatic carbocycles. The first-order chi connectivity index (χ1) is 3.84. The Morgan fingerprint density at radius 3 is 2.75 bits per heavy atom. The molecule has 0 aliphatic heterocycles. The zero-order chi connectivity index (χ0) is 5.98. The fourth-order valence-corrected chi connectivity index (χ4v) is 0.870. The molecule has 8 heavy (non-hydrogen) atoms. The lowest BCUT2D eigenvalue weighted by atomic mass is 10.1. The highest BCUT2D eigenvalue weighted by molar-refractivity contribution is 5.43. The molecule has 1 aliphatic rings. The highest BCUT2D eigenvalue weighted by atomic mass is 14.1. The van der Waals surface area contributed by atoms with Crippen LogP contribution in [-0.2, 0) is 0 Å². The molecule has 0 saturated carbocycles. The molecule has 42 valence electrons. The van der Waals surface area contributed by atoms with Crippen LogP contribution in [0.4, 0.5) is 0 Å². The molecule has 0 saturated heterocycles. The van der Waals surface area contributed by atoms with E-state index in [9.17, 15) is 0 Å². The van der Waals surface area contributed by atoms with E-state index in [2.05, 4.69) is 24.8 Å². The number of hydrogen-bond donors (Lipinski definition) is 0. The van der Waals surface area contributed by atoms with Crippen molar-refractivity contribution in [3.63, 3.8) is 0 Å². The molecular weight excluding hydrogens is 96.1 g/mol. The third-order valence-electron chi connectivity index (χ3n) is 1.42. The Hall–Kier alpha value is -0.780. The summed E-state index contributed by atoms with van der Waals surface area (Å²) in [6, 6.07) is 0. The minimum Gasteiger partial charge on any atom is -0.0915 e. The van der Waals surface area contributed by atoms with E-state index in [-0.39, 0.29) is 0 Å². The zero-order valence-electron chi connectivity index (χ0n) is 5.15. The predicted octanol–water partition coefficient (Wildman–Crippen LogP) is 2.45. The SMILES string of the molecule is C=C1C=CC/C1=C/C. The topological polar surface area (TPSA) is 0 Å². The molecule has 0 unspecified atom stereocenters. The molecule has 0 aromatic rings. The van der Waals surface area contributed by atoms with Gasteiger partial charge in [-0.25, -0.2) is 0 Å². The monoisotopic (exact) mass is 106 g/mol. The summed E-state index contributed by atoms with van der Waals surface area (Å²) in [5.74, 6) is 0. The zero-order valence-corrected chi connectivity index (χ0v) is 5.15. The lowest BCUT2D eigenvalue weighted by Gasteiger charge is -1.91. The summed E-state index contributed by atoms with van der Waals surface area (Å²) in [5.41, 5.74) is 2.54. The molecule has 1 rings (SSSR count). The van der Waals surface area contributed by atoms with Crippen LogP contribution in [0.15, 0.2) is 36.0 Å². The van der Waals surface area contributed by atoms with Crippen LogP contribution in [0.5, 0.6) is 0 Å². The Labute approximate surface area is 50.2 Å². The molecule has 0 heteroatoms. The molecule has 0 bridgehead atoms. The maximum Gasteiger partial charge on any atom is -0.00917 e. The summed E-state index contributed by atoms with van der Waals surface area (Å²) >= 11 is 0. The van der Waals surface area contributed by atoms with Gasteiger partial charge in [-0.3, -0.25) is 0 Å². The standard InChI is InChI=1S/C8H10/c1-3-8-6-4-5-7(8)2/h3-5H,2,6H2,1H3/b8-3-. The van der Waals surface area contributed by atoms with E-state index in [1.807, 2.05) is 6.92 Å². The van der Waals surface area contributed by atoms with Gasteiger partial charge in [0, 0.05) is 0 Å². The van der Waals surface area contributed by atoms with Crippen LogP contribution in [0.2, 0.25) is 0 Å². The van der Waals surface area contributed by atoms with Crippen LogP contribution in [-0.4, -0.2) is 0 Å². The second-order valence-electron chi connectivity index (χ2n) is 1.95. The van der Waals surface area contributed by atoms with Crippen molar-refractivity contribution in [2.75, 3.05) is 0 Å². The molecular formula is C8H10. The molecule has 0 atom stereocenters. The van der Waals surface area contributed by atoms with E-state index in [0.717, 1.165) is 6.42 Å². The maximum absolute atomic E-state index is 3.85. The summed E-state index contributed by atoms with van der Waals surface area (Å²) in [4.78, 5) is 0. The van der Waals surface area contributed by atoms with Crippen molar-refractivity contribution in [2.45, 2.75) is 13.3 Å². The van der Waals surface area contributed by atoms with Crippen LogP contribution >= 0.6 is 0 Å². The first kappa shape index (κ1) is 5.36. The van der Waals surface area contributed by atoms with Crippen molar-refractivity contribution in [2.24, 2.45) is 0 Å². The van der Waals surface area contributed by atoms with Crippen LogP contribution in [0, 0.1) is 0 Å². The first-order valence-electron chi connectivity index (χ1n) is 2.85. The predicted molar refractivity (Wildman–Crippen MR) is 36.7 cm³/mol. The second kappa shape index (κ2) is 1.99. The number of hydrogen-bond acceptors (Lipinski definition) is 0. The summed E-state index contributed by atoms with van der Waals surface area (Å²) in [6.07, 6.45) is 7.39. The van der Waals surface area contributed by atoms with Gasteiger partial charge in [-0.05, 0) is 24.5 Å². The molecule has 0 radical (unpaired) electrons. The van der Waals surface area contributed by atoms with Gasteiger partial charge in [-0.15, -0.1) is 0 Å². The molecule has 0 spiro atoms. The summed E-state index contributed by atoms with van der Waals surface area (Å²) in [7, 11) is 0. The molecule has 0 amide bonds. The van der Waals surface area contributed by atoms with Crippen LogP contribution < -0.4 is 0 Å². The van der Waals surface area contributed by atoms with E-state index >= 15 is 0 Å². The third kappa shape index (κ3) is 0.738. The summed E-state index contributed by atoms with van der Waals surface area (Å²) in [5, 5.41) is 0. The minimum atomic E-state index is 1.08. The van der Waals surface area contributed by atoms with Gasteiger partial charge in [-0.1, -0.05) is 24.8 Å². The van der Waals surface area contributed by atoms with Crippen molar-refractivity contribution in [1.82, 2.24) is 0 Å². The van der Waals surface area contributed by atoms with Crippen LogP contribution in [0.25, 0.3) is 0 Å². The van der Waals surface area contributed by atoms with E-state index in [1.165, 1.54) is 11.1 Å². The van der Waals surface area contributed by atoms with Gasteiger partial charge in [-0.2, -0.15) is 0 Å². The first-order valence-corrected chi connectivity index (χ1v) is 2.85. The van der Waals surface area contributed by atoms with Gasteiger partial charge in [0.25, 0.3) is 0 Å². The summed E-state index contributed by atoms with van der Waals surface area (Å²) in [6.45, 7) is 5.90. The average molecular weight is 106 g/mol.